The second-order valence-electron chi connectivity index (χ2n) is 9.21. The van der Waals surface area contributed by atoms with Gasteiger partial charge in [0.15, 0.2) is 15.1 Å². The van der Waals surface area contributed by atoms with Crippen LogP contribution in [0.3, 0.4) is 0 Å². The monoisotopic (exact) mass is 518 g/mol. The lowest BCUT2D eigenvalue weighted by Gasteiger charge is -2.23. The molecule has 0 aliphatic heterocycles. The Kier molecular flexibility index (Phi) is 12.0. The fraction of sp³-hybridized carbons (Fsp3) is 0.625. The van der Waals surface area contributed by atoms with Gasteiger partial charge < -0.3 is 14.2 Å². The summed E-state index contributed by atoms with van der Waals surface area (Å²) >= 11 is 5.87. The zero-order chi connectivity index (χ0) is 26.1. The molecular formula is C24H35ClO8S. The molecule has 0 aliphatic carbocycles. The summed E-state index contributed by atoms with van der Waals surface area (Å²) in [4.78, 5) is 37.9. The number of rotatable bonds is 13. The van der Waals surface area contributed by atoms with E-state index in [4.69, 9.17) is 25.8 Å². The maximum absolute atomic E-state index is 13.4. The van der Waals surface area contributed by atoms with Crippen molar-refractivity contribution in [2.24, 2.45) is 17.8 Å². The van der Waals surface area contributed by atoms with E-state index in [1.807, 2.05) is 27.7 Å². The molecule has 0 fully saturated rings. The average Bonchev–Trinajstić information content (AvgIpc) is 2.72. The lowest BCUT2D eigenvalue weighted by Crippen LogP contribution is -2.38. The number of benzene rings is 1. The van der Waals surface area contributed by atoms with Crippen LogP contribution >= 0.6 is 11.6 Å². The van der Waals surface area contributed by atoms with Crippen molar-refractivity contribution in [3.8, 4) is 0 Å². The zero-order valence-corrected chi connectivity index (χ0v) is 22.1. The molecule has 0 spiro atoms. The van der Waals surface area contributed by atoms with Gasteiger partial charge in [0.2, 0.25) is 0 Å². The molecule has 2 unspecified atom stereocenters. The maximum atomic E-state index is 13.4. The number of hydrogen-bond acceptors (Lipinski definition) is 8. The Morgan fingerprint density at radius 2 is 1.38 bits per heavy atom. The molecule has 0 aromatic heterocycles. The SMILES string of the molecule is CC(C)COC(=O)CC(CC(C(=O)OC(C)C)S(=O)(=O)c1ccc(Cl)cc1)C(=O)OCC(C)C. The number of hydrogen-bond donors (Lipinski definition) is 0. The van der Waals surface area contributed by atoms with Crippen molar-refractivity contribution in [1.29, 1.82) is 0 Å². The van der Waals surface area contributed by atoms with E-state index in [2.05, 4.69) is 0 Å². The smallest absolute Gasteiger partial charge is 0.324 e. The third kappa shape index (κ3) is 10.0. The summed E-state index contributed by atoms with van der Waals surface area (Å²) in [5, 5.41) is -1.41. The Labute approximate surface area is 207 Å². The van der Waals surface area contributed by atoms with E-state index in [0.29, 0.717) is 5.02 Å². The molecule has 2 atom stereocenters. The minimum atomic E-state index is -4.28. The van der Waals surface area contributed by atoms with Crippen molar-refractivity contribution in [2.45, 2.75) is 70.6 Å². The first-order valence-corrected chi connectivity index (χ1v) is 13.2. The summed E-state index contributed by atoms with van der Waals surface area (Å²) in [6.07, 6.45) is -1.51. The van der Waals surface area contributed by atoms with Crippen LogP contribution in [0.15, 0.2) is 29.2 Å². The van der Waals surface area contributed by atoms with Gasteiger partial charge in [-0.3, -0.25) is 14.4 Å². The fourth-order valence-corrected chi connectivity index (χ4v) is 4.62. The normalized spacial score (nSPS) is 13.6. The first-order valence-electron chi connectivity index (χ1n) is 11.3. The van der Waals surface area contributed by atoms with E-state index < -0.39 is 57.9 Å². The lowest BCUT2D eigenvalue weighted by molar-refractivity contribution is -0.157. The Morgan fingerprint density at radius 1 is 0.853 bits per heavy atom. The van der Waals surface area contributed by atoms with Gasteiger partial charge in [-0.1, -0.05) is 39.3 Å². The highest BCUT2D eigenvalue weighted by Crippen LogP contribution is 2.27. The Balaban J connectivity index is 3.31. The van der Waals surface area contributed by atoms with Crippen molar-refractivity contribution >= 4 is 39.3 Å². The van der Waals surface area contributed by atoms with Gasteiger partial charge in [-0.05, 0) is 56.4 Å². The number of halogens is 1. The molecular weight excluding hydrogens is 484 g/mol. The second kappa shape index (κ2) is 13.7. The van der Waals surface area contributed by atoms with Crippen molar-refractivity contribution in [3.63, 3.8) is 0 Å². The first-order chi connectivity index (χ1) is 15.7. The van der Waals surface area contributed by atoms with E-state index in [1.165, 1.54) is 24.3 Å². The Hall–Kier alpha value is -2.13. The molecule has 0 saturated heterocycles. The molecule has 0 radical (unpaired) electrons. The van der Waals surface area contributed by atoms with Crippen LogP contribution in [0.1, 0.15) is 54.4 Å². The third-order valence-corrected chi connectivity index (χ3v) is 6.83. The number of ether oxygens (including phenoxy) is 3. The van der Waals surface area contributed by atoms with Crippen LogP contribution in [0.5, 0.6) is 0 Å². The lowest BCUT2D eigenvalue weighted by atomic mass is 9.99. The summed E-state index contributed by atoms with van der Waals surface area (Å²) in [6, 6.07) is 5.32. The Bertz CT molecular complexity index is 923. The molecule has 8 nitrogen and oxygen atoms in total. The largest absolute Gasteiger partial charge is 0.465 e. The highest BCUT2D eigenvalue weighted by atomic mass is 35.5. The molecule has 0 N–H and O–H groups in total. The van der Waals surface area contributed by atoms with Gasteiger partial charge in [0.25, 0.3) is 0 Å². The van der Waals surface area contributed by atoms with Gasteiger partial charge in [-0.2, -0.15) is 0 Å². The van der Waals surface area contributed by atoms with E-state index in [-0.39, 0.29) is 29.9 Å². The van der Waals surface area contributed by atoms with Crippen molar-refractivity contribution < 1.29 is 37.0 Å². The van der Waals surface area contributed by atoms with Crippen LogP contribution in [0.4, 0.5) is 0 Å². The van der Waals surface area contributed by atoms with Crippen LogP contribution in [0.2, 0.25) is 5.02 Å². The maximum Gasteiger partial charge on any atom is 0.324 e. The van der Waals surface area contributed by atoms with Crippen molar-refractivity contribution in [2.75, 3.05) is 13.2 Å². The van der Waals surface area contributed by atoms with Crippen LogP contribution in [-0.2, 0) is 38.4 Å². The van der Waals surface area contributed by atoms with Gasteiger partial charge in [0, 0.05) is 5.02 Å². The highest BCUT2D eigenvalue weighted by Gasteiger charge is 2.41. The molecule has 0 amide bonds. The molecule has 1 aromatic carbocycles. The molecule has 0 bridgehead atoms. The van der Waals surface area contributed by atoms with Crippen LogP contribution in [0.25, 0.3) is 0 Å². The van der Waals surface area contributed by atoms with E-state index in [0.717, 1.165) is 0 Å². The van der Waals surface area contributed by atoms with E-state index in [9.17, 15) is 22.8 Å². The standard InChI is InChI=1S/C24H35ClO8S/c1-15(2)13-31-22(26)12-18(23(27)32-14-16(3)4)11-21(24(28)33-17(5)6)34(29,30)20-9-7-19(25)8-10-20/h7-10,15-18,21H,11-14H2,1-6H3. The topological polar surface area (TPSA) is 113 Å². The number of carbonyl (C=O) groups is 3. The third-order valence-electron chi connectivity index (χ3n) is 4.51. The number of carbonyl (C=O) groups excluding carboxylic acids is 3. The molecule has 10 heteroatoms. The minimum Gasteiger partial charge on any atom is -0.465 e. The molecule has 192 valence electrons. The predicted octanol–water partition coefficient (Wildman–Crippen LogP) is 4.23. The Morgan fingerprint density at radius 3 is 1.88 bits per heavy atom. The summed E-state index contributed by atoms with van der Waals surface area (Å²) in [5.41, 5.74) is 0. The predicted molar refractivity (Wildman–Crippen MR) is 128 cm³/mol. The number of esters is 3. The van der Waals surface area contributed by atoms with Gasteiger partial charge in [0.1, 0.15) is 0 Å². The van der Waals surface area contributed by atoms with Crippen LogP contribution in [0, 0.1) is 17.8 Å². The number of sulfone groups is 1. The van der Waals surface area contributed by atoms with Gasteiger partial charge in [-0.25, -0.2) is 8.42 Å². The van der Waals surface area contributed by atoms with Gasteiger partial charge in [0.05, 0.1) is 36.6 Å². The average molecular weight is 519 g/mol. The van der Waals surface area contributed by atoms with Gasteiger partial charge >= 0.3 is 17.9 Å². The second-order valence-corrected chi connectivity index (χ2v) is 11.8. The molecule has 1 rings (SSSR count). The highest BCUT2D eigenvalue weighted by molar-refractivity contribution is 7.92. The van der Waals surface area contributed by atoms with Crippen molar-refractivity contribution in [3.05, 3.63) is 29.3 Å². The summed E-state index contributed by atoms with van der Waals surface area (Å²) < 4.78 is 42.4. The molecule has 0 saturated carbocycles. The minimum absolute atomic E-state index is 0.0250. The van der Waals surface area contributed by atoms with Crippen molar-refractivity contribution in [1.82, 2.24) is 0 Å². The molecule has 1 aromatic rings. The first kappa shape index (κ1) is 29.9. The summed E-state index contributed by atoms with van der Waals surface area (Å²) in [5.74, 6) is -3.58. The van der Waals surface area contributed by atoms with Crippen LogP contribution in [-0.4, -0.2) is 50.9 Å². The van der Waals surface area contributed by atoms with E-state index in [1.54, 1.807) is 13.8 Å². The van der Waals surface area contributed by atoms with Gasteiger partial charge in [-0.15, -0.1) is 0 Å². The molecule has 34 heavy (non-hydrogen) atoms. The zero-order valence-electron chi connectivity index (χ0n) is 20.6. The molecule has 0 aliphatic rings. The summed E-state index contributed by atoms with van der Waals surface area (Å²) in [6.45, 7) is 10.8. The quantitative estimate of drug-likeness (QED) is 0.281. The fourth-order valence-electron chi connectivity index (χ4n) is 2.85. The molecule has 0 heterocycles. The van der Waals surface area contributed by atoms with E-state index >= 15 is 0 Å². The summed E-state index contributed by atoms with van der Waals surface area (Å²) in [7, 11) is -4.28. The van der Waals surface area contributed by atoms with Crippen LogP contribution < -0.4 is 0 Å².